The molecule has 5 aromatic rings. The number of amides is 4. The Morgan fingerprint density at radius 2 is 1.56 bits per heavy atom. The molecule has 2 bridgehead atoms. The predicted molar refractivity (Wildman–Crippen MR) is 228 cm³/mol. The van der Waals surface area contributed by atoms with Crippen LogP contribution in [-0.4, -0.2) is 106 Å². The van der Waals surface area contributed by atoms with Gasteiger partial charge in [0.05, 0.1) is 49.2 Å². The van der Waals surface area contributed by atoms with Crippen LogP contribution in [-0.2, 0) is 23.8 Å². The van der Waals surface area contributed by atoms with E-state index in [-0.39, 0.29) is 47.7 Å². The fourth-order valence-electron chi connectivity index (χ4n) is 10.3. The summed E-state index contributed by atoms with van der Waals surface area (Å²) in [7, 11) is 2.62. The maximum atomic E-state index is 14.5. The second kappa shape index (κ2) is 16.8. The minimum atomic E-state index is -0.692. The Labute approximate surface area is 354 Å². The fourth-order valence-corrected chi connectivity index (χ4v) is 10.3. The molecule has 4 aliphatic rings. The van der Waals surface area contributed by atoms with Crippen LogP contribution >= 0.6 is 0 Å². The van der Waals surface area contributed by atoms with Gasteiger partial charge in [0.2, 0.25) is 11.8 Å². The number of ether oxygens (including phenoxy) is 3. The van der Waals surface area contributed by atoms with Crippen molar-refractivity contribution in [1.29, 1.82) is 0 Å². The minimum Gasteiger partial charge on any atom is -0.453 e. The molecular weight excluding hydrogens is 777 g/mol. The number of likely N-dealkylation sites (tertiary alicyclic amines) is 2. The third kappa shape index (κ3) is 7.68. The van der Waals surface area contributed by atoms with Crippen molar-refractivity contribution in [2.75, 3.05) is 34.0 Å². The van der Waals surface area contributed by atoms with Crippen molar-refractivity contribution < 1.29 is 33.4 Å². The number of aromatic amines is 2. The van der Waals surface area contributed by atoms with E-state index in [9.17, 15) is 19.2 Å². The van der Waals surface area contributed by atoms with Crippen molar-refractivity contribution >= 4 is 45.8 Å². The van der Waals surface area contributed by atoms with Crippen LogP contribution in [0.4, 0.5) is 9.59 Å². The first kappa shape index (κ1) is 40.4. The first-order valence-corrected chi connectivity index (χ1v) is 21.6. The molecule has 15 heteroatoms. The van der Waals surface area contributed by atoms with E-state index in [2.05, 4.69) is 69.1 Å². The number of hydrogen-bond donors (Lipinski definition) is 4. The van der Waals surface area contributed by atoms with E-state index in [1.54, 1.807) is 0 Å². The standard InChI is InChI=1S/C46H54N8O7/c1-25(2)37(51-45(57)59-3)43(55)53-19-5-6-36(53)41-47-24-35(49-41)27-9-7-26(8-10-27)29-12-15-33-30(22-29)13-16-34-39(33)50-42(48-34)40-31-11-14-32(23-31)54(40)44(56)38(52-46(58)60-4)28-17-20-61-21-18-28/h7-10,12-13,15-16,22,24-25,28,31-32,36-38,40H,5-6,11,14,17-21,23H2,1-4H3,(H,47,49)(H,48,50)(H,51,57)(H,52,58)/t31-,32+,36-,37?,38-,40-/m0/s1. The van der Waals surface area contributed by atoms with Gasteiger partial charge in [0, 0.05) is 31.2 Å². The van der Waals surface area contributed by atoms with E-state index in [4.69, 9.17) is 24.2 Å². The SMILES string of the molecule is COC(=O)NC(C(=O)N1CCC[C@H]1c1ncc(-c2ccc(-c3ccc4c(ccc5nc([C@@H]6[C@H]7CC[C@H](C7)N6C(=O)[C@@H](NC(=O)OC)C6CCOCC6)[nH]c54)c3)cc2)[nH]1)C(C)C. The molecule has 320 valence electrons. The lowest BCUT2D eigenvalue weighted by molar-refractivity contribution is -0.140. The summed E-state index contributed by atoms with van der Waals surface area (Å²) in [6, 6.07) is 17.3. The summed E-state index contributed by atoms with van der Waals surface area (Å²) in [5.41, 5.74) is 5.77. The normalized spacial score (nSPS) is 22.5. The monoisotopic (exact) mass is 830 g/mol. The molecule has 0 spiro atoms. The summed E-state index contributed by atoms with van der Waals surface area (Å²) in [6.07, 6.45) is 6.51. The number of H-pyrrole nitrogens is 2. The second-order valence-corrected chi connectivity index (χ2v) is 17.3. The quantitative estimate of drug-likeness (QED) is 0.115. The number of hydrogen-bond acceptors (Lipinski definition) is 9. The molecular formula is C46H54N8O7. The molecule has 3 aromatic carbocycles. The summed E-state index contributed by atoms with van der Waals surface area (Å²) in [5, 5.41) is 7.71. The minimum absolute atomic E-state index is 0.0297. The summed E-state index contributed by atoms with van der Waals surface area (Å²) >= 11 is 0. The van der Waals surface area contributed by atoms with Crippen LogP contribution in [0.3, 0.4) is 0 Å². The van der Waals surface area contributed by atoms with Crippen LogP contribution in [0.5, 0.6) is 0 Å². The molecule has 4 amide bonds. The zero-order valence-corrected chi connectivity index (χ0v) is 35.1. The third-order valence-electron chi connectivity index (χ3n) is 13.4. The highest BCUT2D eigenvalue weighted by Crippen LogP contribution is 2.50. The van der Waals surface area contributed by atoms with E-state index < -0.39 is 24.3 Å². The second-order valence-electron chi connectivity index (χ2n) is 17.3. The lowest BCUT2D eigenvalue weighted by atomic mass is 9.89. The molecule has 1 saturated carbocycles. The van der Waals surface area contributed by atoms with Gasteiger partial charge in [-0.25, -0.2) is 19.6 Å². The summed E-state index contributed by atoms with van der Waals surface area (Å²) in [5.74, 6) is 1.46. The Morgan fingerprint density at radius 3 is 2.31 bits per heavy atom. The summed E-state index contributed by atoms with van der Waals surface area (Å²) < 4.78 is 15.3. The highest BCUT2D eigenvalue weighted by Gasteiger charge is 2.52. The first-order valence-electron chi connectivity index (χ1n) is 21.6. The molecule has 1 unspecified atom stereocenters. The maximum Gasteiger partial charge on any atom is 0.407 e. The van der Waals surface area contributed by atoms with Crippen LogP contribution in [0.25, 0.3) is 44.2 Å². The molecule has 61 heavy (non-hydrogen) atoms. The number of piperidine rings is 1. The van der Waals surface area contributed by atoms with Crippen LogP contribution in [0, 0.1) is 17.8 Å². The zero-order chi connectivity index (χ0) is 42.4. The van der Waals surface area contributed by atoms with Crippen LogP contribution in [0.15, 0.2) is 60.8 Å². The van der Waals surface area contributed by atoms with Gasteiger partial charge >= 0.3 is 12.2 Å². The number of carbonyl (C=O) groups is 4. The van der Waals surface area contributed by atoms with E-state index in [1.165, 1.54) is 14.2 Å². The number of fused-ring (bicyclic) bond motifs is 5. The average molecular weight is 831 g/mol. The van der Waals surface area contributed by atoms with Crippen LogP contribution < -0.4 is 10.6 Å². The Morgan fingerprint density at radius 1 is 0.820 bits per heavy atom. The third-order valence-corrected chi connectivity index (χ3v) is 13.4. The van der Waals surface area contributed by atoms with Gasteiger partial charge in [-0.3, -0.25) is 9.59 Å². The molecule has 2 aromatic heterocycles. The molecule has 4 fully saturated rings. The number of imidazole rings is 2. The van der Waals surface area contributed by atoms with Crippen molar-refractivity contribution in [3.05, 3.63) is 72.4 Å². The van der Waals surface area contributed by atoms with Gasteiger partial charge in [-0.05, 0) is 96.9 Å². The molecule has 9 rings (SSSR count). The number of nitrogens with one attached hydrogen (secondary N) is 4. The number of methoxy groups -OCH3 is 2. The molecule has 4 N–H and O–H groups in total. The van der Waals surface area contributed by atoms with Gasteiger partial charge < -0.3 is 44.6 Å². The first-order chi connectivity index (χ1) is 29.6. The number of alkyl carbamates (subject to hydrolysis) is 2. The molecule has 5 heterocycles. The van der Waals surface area contributed by atoms with Gasteiger partial charge in [-0.1, -0.05) is 56.3 Å². The smallest absolute Gasteiger partial charge is 0.407 e. The van der Waals surface area contributed by atoms with E-state index in [0.717, 1.165) is 87.9 Å². The van der Waals surface area contributed by atoms with Gasteiger partial charge in [-0.2, -0.15) is 0 Å². The van der Waals surface area contributed by atoms with Crippen molar-refractivity contribution in [1.82, 2.24) is 40.4 Å². The largest absolute Gasteiger partial charge is 0.453 e. The number of carbonyl (C=O) groups excluding carboxylic acids is 4. The van der Waals surface area contributed by atoms with Crippen molar-refractivity contribution in [3.63, 3.8) is 0 Å². The lowest BCUT2D eigenvalue weighted by Crippen LogP contribution is -2.55. The summed E-state index contributed by atoms with van der Waals surface area (Å²) in [6.45, 7) is 5.53. The fraction of sp³-hybridized carbons (Fsp3) is 0.478. The maximum absolute atomic E-state index is 14.5. The molecule has 3 aliphatic heterocycles. The zero-order valence-electron chi connectivity index (χ0n) is 35.1. The highest BCUT2D eigenvalue weighted by molar-refractivity contribution is 6.05. The van der Waals surface area contributed by atoms with Crippen LogP contribution in [0.2, 0.25) is 0 Å². The average Bonchev–Trinajstić information content (AvgIpc) is 4.15. The number of rotatable bonds is 10. The van der Waals surface area contributed by atoms with Crippen molar-refractivity contribution in [2.45, 2.75) is 89.0 Å². The Kier molecular flexibility index (Phi) is 11.2. The van der Waals surface area contributed by atoms with E-state index in [1.807, 2.05) is 35.9 Å². The molecule has 15 nitrogen and oxygen atoms in total. The number of benzene rings is 3. The Balaban J connectivity index is 0.928. The van der Waals surface area contributed by atoms with Gasteiger partial charge in [0.1, 0.15) is 23.7 Å². The molecule has 6 atom stereocenters. The van der Waals surface area contributed by atoms with Gasteiger partial charge in [0.25, 0.3) is 0 Å². The molecule has 3 saturated heterocycles. The van der Waals surface area contributed by atoms with E-state index in [0.29, 0.717) is 32.6 Å². The van der Waals surface area contributed by atoms with Gasteiger partial charge in [0.15, 0.2) is 0 Å². The molecule has 0 radical (unpaired) electrons. The number of aromatic nitrogens is 4. The van der Waals surface area contributed by atoms with E-state index >= 15 is 0 Å². The topological polar surface area (TPSA) is 184 Å². The van der Waals surface area contributed by atoms with Gasteiger partial charge in [-0.15, -0.1) is 0 Å². The highest BCUT2D eigenvalue weighted by atomic mass is 16.5. The predicted octanol–water partition coefficient (Wildman–Crippen LogP) is 7.02. The molecule has 1 aliphatic carbocycles. The van der Waals surface area contributed by atoms with Crippen LogP contribution in [0.1, 0.15) is 82.5 Å². The summed E-state index contributed by atoms with van der Waals surface area (Å²) in [4.78, 5) is 73.3. The Bertz CT molecular complexity index is 2440. The lowest BCUT2D eigenvalue weighted by Gasteiger charge is -2.39. The van der Waals surface area contributed by atoms with Crippen molar-refractivity contribution in [2.24, 2.45) is 17.8 Å². The number of nitrogens with zero attached hydrogens (tertiary/aromatic N) is 4. The van der Waals surface area contributed by atoms with Crippen molar-refractivity contribution in [3.8, 4) is 22.4 Å². The Hall–Kier alpha value is -5.96.